The van der Waals surface area contributed by atoms with E-state index in [2.05, 4.69) is 5.43 Å². The number of amides is 1. The van der Waals surface area contributed by atoms with Crippen LogP contribution in [0.2, 0.25) is 8.67 Å². The molecule has 2 aromatic rings. The molecule has 0 saturated heterocycles. The van der Waals surface area contributed by atoms with E-state index in [0.717, 1.165) is 11.3 Å². The molecule has 0 fully saturated rings. The van der Waals surface area contributed by atoms with E-state index in [-0.39, 0.29) is 19.1 Å². The van der Waals surface area contributed by atoms with Crippen LogP contribution in [0.3, 0.4) is 0 Å². The Morgan fingerprint density at radius 3 is 2.12 bits per heavy atom. The molecule has 0 radical (unpaired) electrons. The molecule has 0 unspecified atom stereocenters. The van der Waals surface area contributed by atoms with Crippen LogP contribution in [-0.2, 0) is 10.0 Å². The fourth-order valence-corrected chi connectivity index (χ4v) is 4.68. The summed E-state index contributed by atoms with van der Waals surface area (Å²) in [6, 6.07) is 5.63. The first-order valence-electron chi connectivity index (χ1n) is 6.27. The Hall–Kier alpha value is -1.52. The van der Waals surface area contributed by atoms with Crippen LogP contribution in [0.15, 0.2) is 29.2 Å². The van der Waals surface area contributed by atoms with E-state index >= 15 is 0 Å². The molecule has 0 aliphatic carbocycles. The van der Waals surface area contributed by atoms with Gasteiger partial charge in [-0.05, 0) is 18.2 Å². The highest BCUT2D eigenvalue weighted by Crippen LogP contribution is 2.33. The Morgan fingerprint density at radius 1 is 1.08 bits per heavy atom. The maximum absolute atomic E-state index is 12.1. The van der Waals surface area contributed by atoms with Crippen molar-refractivity contribution in [3.63, 3.8) is 0 Å². The van der Waals surface area contributed by atoms with Gasteiger partial charge in [0.1, 0.15) is 20.7 Å². The molecule has 11 heteroatoms. The summed E-state index contributed by atoms with van der Waals surface area (Å²) in [5, 5.41) is 0. The smallest absolute Gasteiger partial charge is 0.266 e. The molecule has 7 nitrogen and oxygen atoms in total. The topological polar surface area (TPSA) is 93.7 Å². The SMILES string of the molecule is COc1cc(OC)cc(C(=O)NNS(=O)(=O)c2cc(Cl)sc2Cl)c1. The Balaban J connectivity index is 2.17. The largest absolute Gasteiger partial charge is 0.497 e. The van der Waals surface area contributed by atoms with Gasteiger partial charge in [-0.3, -0.25) is 10.2 Å². The first kappa shape index (κ1) is 18.8. The van der Waals surface area contributed by atoms with Crippen LogP contribution in [-0.4, -0.2) is 28.5 Å². The molecule has 1 amide bonds. The fourth-order valence-electron chi connectivity index (χ4n) is 1.69. The first-order chi connectivity index (χ1) is 11.3. The van der Waals surface area contributed by atoms with Crippen LogP contribution in [0, 0.1) is 0 Å². The van der Waals surface area contributed by atoms with E-state index in [0.29, 0.717) is 11.5 Å². The minimum atomic E-state index is -4.05. The molecular formula is C13H12Cl2N2O5S2. The second kappa shape index (κ2) is 7.58. The first-order valence-corrected chi connectivity index (χ1v) is 9.32. The number of carbonyl (C=O) groups excluding carboxylic acids is 1. The van der Waals surface area contributed by atoms with Gasteiger partial charge in [-0.1, -0.05) is 23.2 Å². The van der Waals surface area contributed by atoms with Crippen molar-refractivity contribution in [3.8, 4) is 11.5 Å². The van der Waals surface area contributed by atoms with E-state index in [9.17, 15) is 13.2 Å². The van der Waals surface area contributed by atoms with E-state index < -0.39 is 15.9 Å². The number of benzene rings is 1. The molecule has 1 heterocycles. The van der Waals surface area contributed by atoms with Gasteiger partial charge in [0.2, 0.25) is 0 Å². The average molecular weight is 411 g/mol. The number of methoxy groups -OCH3 is 2. The Morgan fingerprint density at radius 2 is 1.67 bits per heavy atom. The van der Waals surface area contributed by atoms with Crippen LogP contribution in [0.4, 0.5) is 0 Å². The van der Waals surface area contributed by atoms with Crippen molar-refractivity contribution in [2.75, 3.05) is 14.2 Å². The number of hydrazine groups is 1. The van der Waals surface area contributed by atoms with Gasteiger partial charge in [-0.2, -0.15) is 0 Å². The molecular weight excluding hydrogens is 399 g/mol. The quantitative estimate of drug-likeness (QED) is 0.713. The summed E-state index contributed by atoms with van der Waals surface area (Å²) < 4.78 is 34.6. The molecule has 2 rings (SSSR count). The average Bonchev–Trinajstić information content (AvgIpc) is 2.91. The van der Waals surface area contributed by atoms with Gasteiger partial charge in [-0.15, -0.1) is 16.2 Å². The molecule has 130 valence electrons. The number of rotatable bonds is 6. The monoisotopic (exact) mass is 410 g/mol. The maximum atomic E-state index is 12.1. The zero-order valence-corrected chi connectivity index (χ0v) is 15.6. The number of sulfonamides is 1. The summed E-state index contributed by atoms with van der Waals surface area (Å²) in [5.41, 5.74) is 2.23. The van der Waals surface area contributed by atoms with E-state index in [1.54, 1.807) is 6.07 Å². The van der Waals surface area contributed by atoms with Crippen LogP contribution in [0.25, 0.3) is 0 Å². The van der Waals surface area contributed by atoms with Gasteiger partial charge in [0.25, 0.3) is 15.9 Å². The minimum absolute atomic E-state index is 0.00945. The van der Waals surface area contributed by atoms with Crippen LogP contribution < -0.4 is 19.7 Å². The molecule has 1 aromatic heterocycles. The number of thiophene rings is 1. The lowest BCUT2D eigenvalue weighted by Gasteiger charge is -2.10. The summed E-state index contributed by atoms with van der Waals surface area (Å²) in [6.07, 6.45) is 0. The number of halogens is 2. The number of hydrogen-bond donors (Lipinski definition) is 2. The molecule has 0 atom stereocenters. The standard InChI is InChI=1S/C13H12Cl2N2O5S2/c1-21-8-3-7(4-9(5-8)22-2)13(18)16-17-24(19,20)10-6-11(14)23-12(10)15/h3-6,17H,1-2H3,(H,16,18). The van der Waals surface area contributed by atoms with Crippen molar-refractivity contribution < 1.29 is 22.7 Å². The van der Waals surface area contributed by atoms with E-state index in [1.807, 2.05) is 4.83 Å². The van der Waals surface area contributed by atoms with Crippen molar-refractivity contribution in [2.45, 2.75) is 4.90 Å². The van der Waals surface area contributed by atoms with Gasteiger partial charge >= 0.3 is 0 Å². The van der Waals surface area contributed by atoms with E-state index in [4.69, 9.17) is 32.7 Å². The zero-order chi connectivity index (χ0) is 17.9. The van der Waals surface area contributed by atoms with Crippen molar-refractivity contribution in [2.24, 2.45) is 0 Å². The predicted octanol–water partition coefficient (Wildman–Crippen LogP) is 2.70. The molecule has 2 N–H and O–H groups in total. The molecule has 0 aliphatic rings. The van der Waals surface area contributed by atoms with Gasteiger partial charge in [0, 0.05) is 11.6 Å². The highest BCUT2D eigenvalue weighted by molar-refractivity contribution is 7.89. The lowest BCUT2D eigenvalue weighted by atomic mass is 10.2. The van der Waals surface area contributed by atoms with E-state index in [1.165, 1.54) is 32.4 Å². The normalized spacial score (nSPS) is 11.2. The van der Waals surface area contributed by atoms with Crippen LogP contribution in [0.1, 0.15) is 10.4 Å². The molecule has 0 aliphatic heterocycles. The lowest BCUT2D eigenvalue weighted by Crippen LogP contribution is -2.41. The van der Waals surface area contributed by atoms with Gasteiger partial charge < -0.3 is 9.47 Å². The second-order valence-electron chi connectivity index (χ2n) is 4.35. The zero-order valence-electron chi connectivity index (χ0n) is 12.4. The van der Waals surface area contributed by atoms with Crippen LogP contribution in [0.5, 0.6) is 11.5 Å². The Bertz CT molecular complexity index is 845. The van der Waals surface area contributed by atoms with Crippen molar-refractivity contribution in [3.05, 3.63) is 38.5 Å². The molecule has 0 spiro atoms. The summed E-state index contributed by atoms with van der Waals surface area (Å²) in [5.74, 6) is 0.0678. The highest BCUT2D eigenvalue weighted by atomic mass is 35.5. The summed E-state index contributed by atoms with van der Waals surface area (Å²) in [4.78, 5) is 13.9. The third-order valence-corrected chi connectivity index (χ3v) is 5.83. The minimum Gasteiger partial charge on any atom is -0.497 e. The summed E-state index contributed by atoms with van der Waals surface area (Å²) in [7, 11) is -1.19. The second-order valence-corrected chi connectivity index (χ2v) is 8.29. The molecule has 0 saturated carbocycles. The lowest BCUT2D eigenvalue weighted by molar-refractivity contribution is 0.0944. The maximum Gasteiger partial charge on any atom is 0.266 e. The van der Waals surface area contributed by atoms with Gasteiger partial charge in [-0.25, -0.2) is 8.42 Å². The molecule has 24 heavy (non-hydrogen) atoms. The molecule has 1 aromatic carbocycles. The third kappa shape index (κ3) is 4.31. The van der Waals surface area contributed by atoms with Crippen molar-refractivity contribution in [1.82, 2.24) is 10.3 Å². The predicted molar refractivity (Wildman–Crippen MR) is 91.7 cm³/mol. The number of ether oxygens (including phenoxy) is 2. The van der Waals surface area contributed by atoms with Crippen molar-refractivity contribution >= 4 is 50.5 Å². The highest BCUT2D eigenvalue weighted by Gasteiger charge is 2.22. The third-order valence-electron chi connectivity index (χ3n) is 2.83. The molecule has 0 bridgehead atoms. The fraction of sp³-hybridized carbons (Fsp3) is 0.154. The summed E-state index contributed by atoms with van der Waals surface area (Å²) in [6.45, 7) is 0. The van der Waals surface area contributed by atoms with Gasteiger partial charge in [0.05, 0.1) is 18.6 Å². The summed E-state index contributed by atoms with van der Waals surface area (Å²) >= 11 is 12.4. The Labute approximate surface area is 152 Å². The number of nitrogens with one attached hydrogen (secondary N) is 2. The van der Waals surface area contributed by atoms with Crippen LogP contribution >= 0.6 is 34.5 Å². The Kier molecular flexibility index (Phi) is 5.94. The number of carbonyl (C=O) groups is 1. The number of hydrogen-bond acceptors (Lipinski definition) is 6. The van der Waals surface area contributed by atoms with Crippen molar-refractivity contribution in [1.29, 1.82) is 0 Å². The van der Waals surface area contributed by atoms with Gasteiger partial charge in [0.15, 0.2) is 0 Å².